The lowest BCUT2D eigenvalue weighted by Gasteiger charge is -2.38. The molecule has 2 aliphatic rings. The van der Waals surface area contributed by atoms with Crippen LogP contribution in [0.1, 0.15) is 62.6 Å². The Kier molecular flexibility index (Phi) is 7.86. The molecule has 0 spiro atoms. The van der Waals surface area contributed by atoms with Gasteiger partial charge >= 0.3 is 11.9 Å². The molecule has 14 heteroatoms. The first-order valence-electron chi connectivity index (χ1n) is 14.4. The topological polar surface area (TPSA) is 180 Å². The zero-order valence-corrected chi connectivity index (χ0v) is 23.9. The first kappa shape index (κ1) is 30.1. The highest BCUT2D eigenvalue weighted by Gasteiger charge is 2.49. The van der Waals surface area contributed by atoms with Crippen molar-refractivity contribution in [3.8, 4) is 5.69 Å². The van der Waals surface area contributed by atoms with Gasteiger partial charge in [-0.2, -0.15) is 5.10 Å². The van der Waals surface area contributed by atoms with Crippen LogP contribution < -0.4 is 0 Å². The van der Waals surface area contributed by atoms with Gasteiger partial charge in [-0.15, -0.1) is 0 Å². The maximum Gasteiger partial charge on any atom is 0.335 e. The van der Waals surface area contributed by atoms with Crippen LogP contribution in [0.3, 0.4) is 0 Å². The molecule has 1 saturated heterocycles. The highest BCUT2D eigenvalue weighted by Crippen LogP contribution is 2.45. The molecule has 1 saturated carbocycles. The summed E-state index contributed by atoms with van der Waals surface area (Å²) in [5.41, 5.74) is 4.25. The van der Waals surface area contributed by atoms with E-state index in [9.17, 15) is 38.8 Å². The van der Waals surface area contributed by atoms with Crippen molar-refractivity contribution in [1.82, 2.24) is 19.7 Å². The molecule has 0 radical (unpaired) electrons. The quantitative estimate of drug-likeness (QED) is 0.203. The van der Waals surface area contributed by atoms with E-state index in [1.807, 2.05) is 24.5 Å². The number of aromatic amines is 1. The fourth-order valence-electron chi connectivity index (χ4n) is 6.46. The van der Waals surface area contributed by atoms with E-state index in [-0.39, 0.29) is 11.8 Å². The van der Waals surface area contributed by atoms with E-state index in [4.69, 9.17) is 14.5 Å². The second kappa shape index (κ2) is 11.5. The second-order valence-electron chi connectivity index (χ2n) is 11.8. The van der Waals surface area contributed by atoms with Crippen LogP contribution in [0.4, 0.5) is 8.78 Å². The number of aliphatic hydroxyl groups excluding tert-OH is 3. The number of nitrogens with zero attached hydrogens (tertiary/aromatic N) is 3. The fourth-order valence-corrected chi connectivity index (χ4v) is 6.46. The number of hydrogen-bond donors (Lipinski definition) is 5. The van der Waals surface area contributed by atoms with Crippen LogP contribution in [-0.2, 0) is 19.1 Å². The molecule has 1 aliphatic heterocycles. The maximum absolute atomic E-state index is 14.4. The highest BCUT2D eigenvalue weighted by molar-refractivity contribution is 5.93. The number of carbonyl (C=O) groups excluding carboxylic acids is 1. The number of nitrogens with one attached hydrogen (secondary N) is 1. The maximum atomic E-state index is 14.4. The van der Waals surface area contributed by atoms with Gasteiger partial charge in [0.05, 0.1) is 23.1 Å². The second-order valence-corrected chi connectivity index (χ2v) is 11.8. The number of hydrogen-bond acceptors (Lipinski definition) is 9. The predicted molar refractivity (Wildman–Crippen MR) is 150 cm³/mol. The number of carbonyl (C=O) groups is 2. The largest absolute Gasteiger partial charge is 0.479 e. The number of H-pyrrole nitrogens is 1. The molecule has 4 heterocycles. The number of aromatic nitrogens is 4. The van der Waals surface area contributed by atoms with Crippen LogP contribution >= 0.6 is 0 Å². The predicted octanol–water partition coefficient (Wildman–Crippen LogP) is 3.01. The van der Waals surface area contributed by atoms with Crippen molar-refractivity contribution in [3.05, 3.63) is 53.4 Å². The molecule has 0 unspecified atom stereocenters. The molecule has 234 valence electrons. The third-order valence-electron chi connectivity index (χ3n) is 8.64. The number of ether oxygens (including phenoxy) is 2. The minimum absolute atomic E-state index is 0.0413. The van der Waals surface area contributed by atoms with E-state index in [1.54, 1.807) is 6.20 Å². The van der Waals surface area contributed by atoms with Crippen molar-refractivity contribution in [1.29, 1.82) is 0 Å². The van der Waals surface area contributed by atoms with Gasteiger partial charge in [0.1, 0.15) is 18.3 Å². The van der Waals surface area contributed by atoms with Crippen molar-refractivity contribution in [2.75, 3.05) is 0 Å². The van der Waals surface area contributed by atoms with Crippen LogP contribution in [0.25, 0.3) is 27.8 Å². The summed E-state index contributed by atoms with van der Waals surface area (Å²) in [7, 11) is 0. The Hall–Kier alpha value is -3.98. The van der Waals surface area contributed by atoms with Crippen molar-refractivity contribution in [3.63, 3.8) is 0 Å². The van der Waals surface area contributed by atoms with E-state index in [0.717, 1.165) is 28.8 Å². The average molecular weight is 615 g/mol. The average Bonchev–Trinajstić information content (AvgIpc) is 3.59. The van der Waals surface area contributed by atoms with Crippen molar-refractivity contribution in [2.24, 2.45) is 5.92 Å². The van der Waals surface area contributed by atoms with Gasteiger partial charge in [-0.1, -0.05) is 13.8 Å². The summed E-state index contributed by atoms with van der Waals surface area (Å²) >= 11 is 0. The molecule has 12 nitrogen and oxygen atoms in total. The number of aliphatic carboxylic acids is 1. The molecule has 5 N–H and O–H groups in total. The lowest BCUT2D eigenvalue weighted by atomic mass is 9.77. The number of pyridine rings is 1. The summed E-state index contributed by atoms with van der Waals surface area (Å²) in [5.74, 6) is -4.90. The van der Waals surface area contributed by atoms with Gasteiger partial charge in [0, 0.05) is 28.4 Å². The van der Waals surface area contributed by atoms with Crippen molar-refractivity contribution < 1.29 is 48.3 Å². The molecule has 1 aliphatic carbocycles. The molecule has 1 aromatic carbocycles. The van der Waals surface area contributed by atoms with Crippen LogP contribution in [0, 0.1) is 17.6 Å². The Morgan fingerprint density at radius 3 is 2.43 bits per heavy atom. The monoisotopic (exact) mass is 614 g/mol. The van der Waals surface area contributed by atoms with Crippen LogP contribution in [0.15, 0.2) is 30.5 Å². The number of rotatable bonds is 6. The van der Waals surface area contributed by atoms with E-state index in [1.165, 1.54) is 6.07 Å². The lowest BCUT2D eigenvalue weighted by Crippen LogP contribution is -2.60. The Morgan fingerprint density at radius 2 is 1.77 bits per heavy atom. The van der Waals surface area contributed by atoms with Crippen molar-refractivity contribution in [2.45, 2.75) is 82.1 Å². The molecular weight excluding hydrogens is 582 g/mol. The van der Waals surface area contributed by atoms with Gasteiger partial charge in [0.2, 0.25) is 6.29 Å². The molecule has 4 aromatic rings. The van der Waals surface area contributed by atoms with Gasteiger partial charge in [-0.25, -0.2) is 18.6 Å². The Bertz CT molecular complexity index is 1730. The normalized spacial score (nSPS) is 27.7. The van der Waals surface area contributed by atoms with E-state index in [2.05, 4.69) is 10.2 Å². The number of carboxylic acids is 1. The van der Waals surface area contributed by atoms with Gasteiger partial charge in [0.25, 0.3) is 0 Å². The summed E-state index contributed by atoms with van der Waals surface area (Å²) in [4.78, 5) is 29.4. The number of fused-ring (bicyclic) bond motifs is 2. The summed E-state index contributed by atoms with van der Waals surface area (Å²) in [6, 6.07) is 5.67. The minimum atomic E-state index is -1.90. The van der Waals surface area contributed by atoms with E-state index < -0.39 is 60.2 Å². The van der Waals surface area contributed by atoms with Gasteiger partial charge in [-0.05, 0) is 55.7 Å². The smallest absolute Gasteiger partial charge is 0.335 e. The third-order valence-corrected chi connectivity index (χ3v) is 8.64. The Labute approximate surface area is 249 Å². The number of halogens is 2. The molecule has 2 fully saturated rings. The first-order chi connectivity index (χ1) is 21.0. The number of esters is 1. The minimum Gasteiger partial charge on any atom is -0.479 e. The van der Waals surface area contributed by atoms with E-state index in [0.29, 0.717) is 48.1 Å². The Morgan fingerprint density at radius 1 is 1.05 bits per heavy atom. The van der Waals surface area contributed by atoms with Crippen molar-refractivity contribution >= 4 is 34.0 Å². The summed E-state index contributed by atoms with van der Waals surface area (Å²) < 4.78 is 40.6. The summed E-state index contributed by atoms with van der Waals surface area (Å²) in [5, 5.41) is 47.2. The summed E-state index contributed by atoms with van der Waals surface area (Å²) in [6.45, 7) is 4.02. The van der Waals surface area contributed by atoms with E-state index >= 15 is 0 Å². The van der Waals surface area contributed by atoms with Crippen LogP contribution in [-0.4, -0.2) is 82.8 Å². The molecule has 5 atom stereocenters. The standard InChI is InChI=1S/C30H32F2N4O8/c1-12(2)22-20(21-19(9-15-11-33-35-27(15)34-21)36(22)16-7-8-17(31)18(32)10-16)13-3-5-14(6-4-13)29(42)44-30-25(39)23(37)24(38)26(43-30)28(40)41/h7-14,23-26,30,37-39H,3-6H2,1-2H3,(H,40,41)(H,33,34,35)/t13?,14?,23-,24-,25+,26-,30-/m0/s1. The first-order valence-corrected chi connectivity index (χ1v) is 14.4. The van der Waals surface area contributed by atoms with Crippen LogP contribution in [0.2, 0.25) is 0 Å². The SMILES string of the molecule is CC(C)c1c(C2CCC(C(=O)O[C@@H]3O[C@H](C(=O)O)[C@@H](O)[C@H](O)[C@H]3O)CC2)c2nc3[nH]ncc3cc2n1-c1ccc(F)c(F)c1. The molecule has 6 rings (SSSR count). The highest BCUT2D eigenvalue weighted by atomic mass is 19.2. The number of benzene rings is 1. The molecular formula is C30H32F2N4O8. The van der Waals surface area contributed by atoms with Gasteiger partial charge in [0.15, 0.2) is 23.4 Å². The Balaban J connectivity index is 1.30. The lowest BCUT2D eigenvalue weighted by molar-refractivity contribution is -0.287. The molecule has 0 bridgehead atoms. The van der Waals surface area contributed by atoms with Gasteiger partial charge < -0.3 is 34.5 Å². The zero-order chi connectivity index (χ0) is 31.4. The van der Waals surface area contributed by atoms with Crippen LogP contribution in [0.5, 0.6) is 0 Å². The summed E-state index contributed by atoms with van der Waals surface area (Å²) in [6.07, 6.45) is -5.73. The molecule has 0 amide bonds. The zero-order valence-electron chi connectivity index (χ0n) is 23.9. The molecule has 3 aromatic heterocycles. The number of aliphatic hydroxyl groups is 3. The third kappa shape index (κ3) is 5.11. The number of carboxylic acid groups (broad SMARTS) is 1. The molecule has 44 heavy (non-hydrogen) atoms. The fraction of sp³-hybridized carbons (Fsp3) is 0.467. The van der Waals surface area contributed by atoms with Gasteiger partial charge in [-0.3, -0.25) is 9.89 Å².